The number of hydrogen-bond donors (Lipinski definition) is 3. The molecule has 7 nitrogen and oxygen atoms in total. The van der Waals surface area contributed by atoms with Gasteiger partial charge in [-0.2, -0.15) is 0 Å². The average Bonchev–Trinajstić information content (AvgIpc) is 2.72. The van der Waals surface area contributed by atoms with E-state index in [1.165, 1.54) is 6.20 Å². The Hall–Kier alpha value is -3.45. The molecule has 0 saturated heterocycles. The van der Waals surface area contributed by atoms with E-state index in [-0.39, 0.29) is 6.04 Å². The molecule has 2 aromatic heterocycles. The van der Waals surface area contributed by atoms with Gasteiger partial charge in [-0.3, -0.25) is 4.79 Å². The van der Waals surface area contributed by atoms with Crippen LogP contribution in [0.2, 0.25) is 0 Å². The Morgan fingerprint density at radius 3 is 2.59 bits per heavy atom. The van der Waals surface area contributed by atoms with E-state index in [4.69, 9.17) is 11.5 Å². The summed E-state index contributed by atoms with van der Waals surface area (Å²) in [5, 5.41) is 3.20. The van der Waals surface area contributed by atoms with Crippen LogP contribution >= 0.6 is 0 Å². The summed E-state index contributed by atoms with van der Waals surface area (Å²) in [7, 11) is 0. The summed E-state index contributed by atoms with van der Waals surface area (Å²) < 4.78 is 0. The smallest absolute Gasteiger partial charge is 0.252 e. The Balaban J connectivity index is 2.03. The number of nitrogens with one attached hydrogen (secondary N) is 1. The Morgan fingerprint density at radius 1 is 1.17 bits per heavy atom. The predicted octanol–water partition coefficient (Wildman–Crippen LogP) is 3.50. The lowest BCUT2D eigenvalue weighted by Gasteiger charge is -2.27. The van der Waals surface area contributed by atoms with Crippen LogP contribution in [-0.4, -0.2) is 28.5 Å². The van der Waals surface area contributed by atoms with Crippen LogP contribution in [0.25, 0.3) is 0 Å². The molecule has 0 saturated carbocycles. The molecule has 150 valence electrons. The van der Waals surface area contributed by atoms with Crippen LogP contribution in [0.4, 0.5) is 23.0 Å². The fourth-order valence-electron chi connectivity index (χ4n) is 2.95. The van der Waals surface area contributed by atoms with E-state index in [1.54, 1.807) is 6.07 Å². The van der Waals surface area contributed by atoms with Crippen LogP contribution in [0.5, 0.6) is 0 Å². The molecule has 1 unspecified atom stereocenters. The number of para-hydroxylation sites is 1. The zero-order chi connectivity index (χ0) is 20.8. The maximum atomic E-state index is 11.9. The molecule has 1 atom stereocenters. The lowest BCUT2D eigenvalue weighted by Crippen LogP contribution is -2.35. The Labute approximate surface area is 170 Å². The number of anilines is 4. The predicted molar refractivity (Wildman–Crippen MR) is 117 cm³/mol. The van der Waals surface area contributed by atoms with Crippen LogP contribution < -0.4 is 21.7 Å². The van der Waals surface area contributed by atoms with Gasteiger partial charge in [-0.25, -0.2) is 9.97 Å². The van der Waals surface area contributed by atoms with Crippen molar-refractivity contribution in [2.75, 3.05) is 16.8 Å². The molecule has 0 bridgehead atoms. The second-order valence-corrected chi connectivity index (χ2v) is 6.86. The van der Waals surface area contributed by atoms with Crippen LogP contribution in [0.3, 0.4) is 0 Å². The minimum Gasteiger partial charge on any atom is -0.365 e. The van der Waals surface area contributed by atoms with E-state index in [9.17, 15) is 4.79 Å². The number of aryl methyl sites for hydroxylation is 1. The molecule has 0 radical (unpaired) electrons. The van der Waals surface area contributed by atoms with E-state index in [0.29, 0.717) is 29.4 Å². The highest BCUT2D eigenvalue weighted by Gasteiger charge is 2.18. The highest BCUT2D eigenvalue weighted by atomic mass is 16.1. The normalized spacial score (nSPS) is 11.7. The maximum absolute atomic E-state index is 11.9. The molecule has 0 spiro atoms. The van der Waals surface area contributed by atoms with Crippen LogP contribution in [0.15, 0.2) is 60.8 Å². The van der Waals surface area contributed by atoms with Crippen molar-refractivity contribution in [3.8, 4) is 0 Å². The third-order valence-electron chi connectivity index (χ3n) is 4.59. The number of aromatic nitrogens is 2. The van der Waals surface area contributed by atoms with E-state index in [2.05, 4.69) is 15.3 Å². The lowest BCUT2D eigenvalue weighted by atomic mass is 10.1. The zero-order valence-corrected chi connectivity index (χ0v) is 16.7. The summed E-state index contributed by atoms with van der Waals surface area (Å²) in [5.74, 6) is 0.733. The molecular weight excluding hydrogens is 364 g/mol. The van der Waals surface area contributed by atoms with Crippen molar-refractivity contribution < 1.29 is 4.79 Å². The number of carbonyl (C=O) groups is 1. The standard InChI is InChI=1S/C22H26N6O/c1-3-16(23)14-28(17-9-5-4-6-10-17)21-12-19(18(13-25-21)22(24)29)27-20-11-7-8-15(2)26-20/h4-13,16H,3,14,23H2,1-2H3,(H2,24,29)(H,25,26,27). The number of hydrogen-bond acceptors (Lipinski definition) is 6. The second kappa shape index (κ2) is 9.16. The fraction of sp³-hybridized carbons (Fsp3) is 0.227. The molecular formula is C22H26N6O. The summed E-state index contributed by atoms with van der Waals surface area (Å²) in [6.45, 7) is 4.54. The summed E-state index contributed by atoms with van der Waals surface area (Å²) in [6.07, 6.45) is 2.32. The monoisotopic (exact) mass is 390 g/mol. The minimum atomic E-state index is -0.560. The quantitative estimate of drug-likeness (QED) is 0.543. The van der Waals surface area contributed by atoms with Gasteiger partial charge in [0.1, 0.15) is 11.6 Å². The van der Waals surface area contributed by atoms with E-state index < -0.39 is 5.91 Å². The van der Waals surface area contributed by atoms with E-state index in [1.807, 2.05) is 67.3 Å². The molecule has 0 aliphatic heterocycles. The third kappa shape index (κ3) is 5.08. The molecule has 0 aliphatic rings. The molecule has 3 rings (SSSR count). The average molecular weight is 390 g/mol. The van der Waals surface area contributed by atoms with Gasteiger partial charge in [0.25, 0.3) is 5.91 Å². The zero-order valence-electron chi connectivity index (χ0n) is 16.7. The minimum absolute atomic E-state index is 0.0253. The van der Waals surface area contributed by atoms with Gasteiger partial charge in [0.05, 0.1) is 11.3 Å². The molecule has 29 heavy (non-hydrogen) atoms. The Kier molecular flexibility index (Phi) is 6.41. The van der Waals surface area contributed by atoms with Crippen molar-refractivity contribution in [2.24, 2.45) is 11.5 Å². The van der Waals surface area contributed by atoms with Crippen LogP contribution in [0, 0.1) is 6.92 Å². The van der Waals surface area contributed by atoms with Gasteiger partial charge in [-0.1, -0.05) is 31.2 Å². The van der Waals surface area contributed by atoms with Crippen LogP contribution in [0.1, 0.15) is 29.4 Å². The van der Waals surface area contributed by atoms with Gasteiger partial charge in [0.2, 0.25) is 0 Å². The van der Waals surface area contributed by atoms with Gasteiger partial charge in [-0.05, 0) is 37.6 Å². The van der Waals surface area contributed by atoms with Gasteiger partial charge in [0, 0.05) is 36.2 Å². The molecule has 1 amide bonds. The van der Waals surface area contributed by atoms with Gasteiger partial charge >= 0.3 is 0 Å². The summed E-state index contributed by atoms with van der Waals surface area (Å²) in [4.78, 5) is 22.9. The highest BCUT2D eigenvalue weighted by Crippen LogP contribution is 2.29. The van der Waals surface area contributed by atoms with Crippen molar-refractivity contribution in [1.29, 1.82) is 0 Å². The number of benzene rings is 1. The van der Waals surface area contributed by atoms with Crippen molar-refractivity contribution >= 4 is 28.9 Å². The van der Waals surface area contributed by atoms with Gasteiger partial charge < -0.3 is 21.7 Å². The lowest BCUT2D eigenvalue weighted by molar-refractivity contribution is 0.100. The molecule has 7 heteroatoms. The largest absolute Gasteiger partial charge is 0.365 e. The Morgan fingerprint density at radius 2 is 1.93 bits per heavy atom. The third-order valence-corrected chi connectivity index (χ3v) is 4.59. The first-order valence-electron chi connectivity index (χ1n) is 9.56. The number of nitrogens with two attached hydrogens (primary N) is 2. The van der Waals surface area contributed by atoms with Crippen LogP contribution in [-0.2, 0) is 0 Å². The van der Waals surface area contributed by atoms with E-state index >= 15 is 0 Å². The first kappa shape index (κ1) is 20.3. The van der Waals surface area contributed by atoms with Crippen molar-refractivity contribution in [2.45, 2.75) is 26.3 Å². The number of rotatable bonds is 8. The molecule has 3 aromatic rings. The first-order valence-corrected chi connectivity index (χ1v) is 9.56. The molecule has 0 fully saturated rings. The molecule has 5 N–H and O–H groups in total. The number of pyridine rings is 2. The fourth-order valence-corrected chi connectivity index (χ4v) is 2.95. The van der Waals surface area contributed by atoms with Gasteiger partial charge in [-0.15, -0.1) is 0 Å². The summed E-state index contributed by atoms with van der Waals surface area (Å²) in [6, 6.07) is 17.3. The maximum Gasteiger partial charge on any atom is 0.252 e. The van der Waals surface area contributed by atoms with Crippen molar-refractivity contribution in [1.82, 2.24) is 9.97 Å². The molecule has 0 aliphatic carbocycles. The molecule has 2 heterocycles. The number of primary amides is 1. The summed E-state index contributed by atoms with van der Waals surface area (Å²) in [5.41, 5.74) is 14.5. The number of amides is 1. The highest BCUT2D eigenvalue weighted by molar-refractivity contribution is 5.99. The summed E-state index contributed by atoms with van der Waals surface area (Å²) >= 11 is 0. The topological polar surface area (TPSA) is 110 Å². The SMILES string of the molecule is CCC(N)CN(c1ccccc1)c1cc(Nc2cccc(C)n2)c(C(N)=O)cn1. The Bertz CT molecular complexity index is 976. The van der Waals surface area contributed by atoms with Crippen molar-refractivity contribution in [3.63, 3.8) is 0 Å². The number of nitrogens with zero attached hydrogens (tertiary/aromatic N) is 3. The van der Waals surface area contributed by atoms with E-state index in [0.717, 1.165) is 17.8 Å². The van der Waals surface area contributed by atoms with Crippen molar-refractivity contribution in [3.05, 3.63) is 72.1 Å². The van der Waals surface area contributed by atoms with Gasteiger partial charge in [0.15, 0.2) is 0 Å². The first-order chi connectivity index (χ1) is 14.0. The number of carbonyl (C=O) groups excluding carboxylic acids is 1. The second-order valence-electron chi connectivity index (χ2n) is 6.86. The molecule has 1 aromatic carbocycles.